The summed E-state index contributed by atoms with van der Waals surface area (Å²) in [5.74, 6) is -0.731. The Labute approximate surface area is 184 Å². The van der Waals surface area contributed by atoms with Gasteiger partial charge < -0.3 is 9.57 Å². The Morgan fingerprint density at radius 1 is 1.29 bits per heavy atom. The van der Waals surface area contributed by atoms with Crippen LogP contribution in [0.5, 0.6) is 0 Å². The fraction of sp³-hybridized carbons (Fsp3) is 0.636. The molecule has 0 saturated carbocycles. The van der Waals surface area contributed by atoms with Crippen LogP contribution < -0.4 is 5.48 Å². The molecule has 1 N–H and O–H groups in total. The number of oxime groups is 1. The number of hydroxylamine groups is 1. The van der Waals surface area contributed by atoms with Crippen LogP contribution in [-0.4, -0.2) is 50.0 Å². The topological polar surface area (TPSA) is 103 Å². The van der Waals surface area contributed by atoms with Crippen molar-refractivity contribution < 1.29 is 27.6 Å². The maximum atomic E-state index is 12.8. The molecule has 2 aliphatic heterocycles. The van der Waals surface area contributed by atoms with E-state index in [-0.39, 0.29) is 6.42 Å². The van der Waals surface area contributed by atoms with Crippen LogP contribution in [0.4, 0.5) is 0 Å². The first-order valence-corrected chi connectivity index (χ1v) is 12.7. The zero-order valence-electron chi connectivity index (χ0n) is 18.4. The van der Waals surface area contributed by atoms with Gasteiger partial charge in [-0.25, -0.2) is 18.7 Å². The first-order valence-electron chi connectivity index (χ1n) is 10.8. The SMILES string of the molecule is CCCc1ccc(C2=NO[C@@H](C[C@](C)(C(=O)NOC3CCCCO3)S(C)(=O)=O)C2)cc1. The van der Waals surface area contributed by atoms with Gasteiger partial charge in [-0.1, -0.05) is 42.8 Å². The molecule has 2 heterocycles. The van der Waals surface area contributed by atoms with Crippen LogP contribution in [0.2, 0.25) is 0 Å². The molecule has 1 unspecified atom stereocenters. The molecule has 172 valence electrons. The molecule has 2 aliphatic rings. The van der Waals surface area contributed by atoms with Crippen LogP contribution in [0.25, 0.3) is 0 Å². The van der Waals surface area contributed by atoms with Crippen molar-refractivity contribution in [3.05, 3.63) is 35.4 Å². The molecule has 0 radical (unpaired) electrons. The lowest BCUT2D eigenvalue weighted by Crippen LogP contribution is -2.52. The fourth-order valence-corrected chi connectivity index (χ4v) is 4.61. The minimum absolute atomic E-state index is 0.0343. The minimum Gasteiger partial charge on any atom is -0.392 e. The van der Waals surface area contributed by atoms with Crippen LogP contribution in [0, 0.1) is 0 Å². The third-order valence-corrected chi connectivity index (χ3v) is 7.88. The molecule has 3 rings (SSSR count). The van der Waals surface area contributed by atoms with Gasteiger partial charge in [-0.3, -0.25) is 4.79 Å². The number of aryl methyl sites for hydroxylation is 1. The number of carbonyl (C=O) groups is 1. The van der Waals surface area contributed by atoms with Gasteiger partial charge in [0.15, 0.2) is 20.9 Å². The van der Waals surface area contributed by atoms with Crippen LogP contribution in [-0.2, 0) is 35.5 Å². The normalized spacial score (nSPS) is 23.5. The summed E-state index contributed by atoms with van der Waals surface area (Å²) in [7, 11) is -3.76. The predicted octanol–water partition coefficient (Wildman–Crippen LogP) is 2.90. The molecular weight excluding hydrogens is 420 g/mol. The second-order valence-electron chi connectivity index (χ2n) is 8.47. The van der Waals surface area contributed by atoms with Gasteiger partial charge in [-0.05, 0) is 37.3 Å². The molecule has 0 aromatic heterocycles. The summed E-state index contributed by atoms with van der Waals surface area (Å²) in [4.78, 5) is 23.7. The van der Waals surface area contributed by atoms with Crippen molar-refractivity contribution in [1.29, 1.82) is 0 Å². The molecule has 1 amide bonds. The maximum absolute atomic E-state index is 12.8. The van der Waals surface area contributed by atoms with E-state index in [1.807, 2.05) is 12.1 Å². The zero-order valence-corrected chi connectivity index (χ0v) is 19.2. The van der Waals surface area contributed by atoms with Gasteiger partial charge >= 0.3 is 0 Å². The van der Waals surface area contributed by atoms with Crippen LogP contribution in [0.1, 0.15) is 63.5 Å². The Bertz CT molecular complexity index is 893. The molecule has 0 spiro atoms. The van der Waals surface area contributed by atoms with Gasteiger partial charge in [0.05, 0.1) is 5.71 Å². The molecule has 1 aromatic carbocycles. The highest BCUT2D eigenvalue weighted by molar-refractivity contribution is 7.92. The number of amides is 1. The fourth-order valence-electron chi connectivity index (χ4n) is 3.74. The monoisotopic (exact) mass is 452 g/mol. The Kier molecular flexibility index (Phi) is 7.72. The van der Waals surface area contributed by atoms with Gasteiger partial charge in [0.2, 0.25) is 0 Å². The molecular formula is C22H32N2O6S. The number of carbonyl (C=O) groups excluding carboxylic acids is 1. The van der Waals surface area contributed by atoms with Crippen molar-refractivity contribution in [2.24, 2.45) is 5.16 Å². The minimum atomic E-state index is -3.76. The number of benzene rings is 1. The molecule has 1 fully saturated rings. The number of sulfone groups is 1. The van der Waals surface area contributed by atoms with Crippen LogP contribution >= 0.6 is 0 Å². The molecule has 31 heavy (non-hydrogen) atoms. The third kappa shape index (κ3) is 5.84. The number of rotatable bonds is 9. The highest BCUT2D eigenvalue weighted by Crippen LogP contribution is 2.30. The van der Waals surface area contributed by atoms with Crippen molar-refractivity contribution in [3.63, 3.8) is 0 Å². The largest absolute Gasteiger partial charge is 0.392 e. The molecule has 1 saturated heterocycles. The van der Waals surface area contributed by atoms with Crippen molar-refractivity contribution in [3.8, 4) is 0 Å². The average molecular weight is 453 g/mol. The molecule has 1 aromatic rings. The number of hydrogen-bond acceptors (Lipinski definition) is 7. The summed E-state index contributed by atoms with van der Waals surface area (Å²) in [5, 5.41) is 4.15. The van der Waals surface area contributed by atoms with E-state index in [0.717, 1.165) is 43.2 Å². The lowest BCUT2D eigenvalue weighted by atomic mass is 9.96. The summed E-state index contributed by atoms with van der Waals surface area (Å²) in [6.45, 7) is 4.08. The van der Waals surface area contributed by atoms with E-state index in [1.165, 1.54) is 12.5 Å². The lowest BCUT2D eigenvalue weighted by Gasteiger charge is -2.29. The van der Waals surface area contributed by atoms with Gasteiger partial charge in [0, 0.05) is 32.1 Å². The van der Waals surface area contributed by atoms with E-state index in [0.29, 0.717) is 19.4 Å². The number of hydrogen-bond donors (Lipinski definition) is 1. The second kappa shape index (κ2) is 10.1. The average Bonchev–Trinajstić information content (AvgIpc) is 3.21. The molecule has 8 nitrogen and oxygen atoms in total. The van der Waals surface area contributed by atoms with Gasteiger partial charge in [-0.2, -0.15) is 0 Å². The standard InChI is InChI=1S/C22H32N2O6S/c1-4-7-16-9-11-17(12-10-16)19-14-18(29-23-19)15-22(2,31(3,26)27)21(25)24-30-20-8-5-6-13-28-20/h9-12,18,20H,4-8,13-15H2,1-3H3,(H,24,25)/t18-,20?,22-/m1/s1. The number of ether oxygens (including phenoxy) is 1. The second-order valence-corrected chi connectivity index (χ2v) is 10.9. The molecule has 0 bridgehead atoms. The van der Waals surface area contributed by atoms with Gasteiger partial charge in [0.25, 0.3) is 5.91 Å². The molecule has 9 heteroatoms. The summed E-state index contributed by atoms with van der Waals surface area (Å²) >= 11 is 0. The van der Waals surface area contributed by atoms with E-state index in [4.69, 9.17) is 14.4 Å². The Morgan fingerprint density at radius 3 is 2.65 bits per heavy atom. The quantitative estimate of drug-likeness (QED) is 0.578. The highest BCUT2D eigenvalue weighted by Gasteiger charge is 2.47. The van der Waals surface area contributed by atoms with Crippen molar-refractivity contribution in [2.75, 3.05) is 12.9 Å². The number of nitrogens with zero attached hydrogens (tertiary/aromatic N) is 1. The van der Waals surface area contributed by atoms with Crippen molar-refractivity contribution in [1.82, 2.24) is 5.48 Å². The highest BCUT2D eigenvalue weighted by atomic mass is 32.2. The van der Waals surface area contributed by atoms with Crippen molar-refractivity contribution in [2.45, 2.75) is 75.9 Å². The van der Waals surface area contributed by atoms with Gasteiger partial charge in [-0.15, -0.1) is 0 Å². The Hall–Kier alpha value is -1.97. The third-order valence-electron chi connectivity index (χ3n) is 5.90. The maximum Gasteiger partial charge on any atom is 0.264 e. The Balaban J connectivity index is 1.62. The first-order chi connectivity index (χ1) is 14.7. The van der Waals surface area contributed by atoms with E-state index >= 15 is 0 Å². The van der Waals surface area contributed by atoms with E-state index in [1.54, 1.807) is 0 Å². The molecule has 0 aliphatic carbocycles. The van der Waals surface area contributed by atoms with E-state index < -0.39 is 32.9 Å². The summed E-state index contributed by atoms with van der Waals surface area (Å²) < 4.78 is 28.8. The zero-order chi connectivity index (χ0) is 22.5. The van der Waals surface area contributed by atoms with E-state index in [2.05, 4.69) is 29.7 Å². The van der Waals surface area contributed by atoms with E-state index in [9.17, 15) is 13.2 Å². The summed E-state index contributed by atoms with van der Waals surface area (Å²) in [5.41, 5.74) is 5.24. The summed E-state index contributed by atoms with van der Waals surface area (Å²) in [6.07, 6.45) is 4.97. The lowest BCUT2D eigenvalue weighted by molar-refractivity contribution is -0.201. The number of nitrogens with one attached hydrogen (secondary N) is 1. The smallest absolute Gasteiger partial charge is 0.264 e. The van der Waals surface area contributed by atoms with Crippen LogP contribution in [0.15, 0.2) is 29.4 Å². The van der Waals surface area contributed by atoms with Crippen LogP contribution in [0.3, 0.4) is 0 Å². The molecule has 3 atom stereocenters. The predicted molar refractivity (Wildman–Crippen MR) is 117 cm³/mol. The summed E-state index contributed by atoms with van der Waals surface area (Å²) in [6, 6.07) is 8.12. The van der Waals surface area contributed by atoms with Gasteiger partial charge in [0.1, 0.15) is 6.10 Å². The van der Waals surface area contributed by atoms with Crippen molar-refractivity contribution >= 4 is 21.5 Å². The Morgan fingerprint density at radius 2 is 2.03 bits per heavy atom. The first kappa shape index (κ1) is 23.7.